The second kappa shape index (κ2) is 11.1. The highest BCUT2D eigenvalue weighted by atomic mass is 16.6. The average Bonchev–Trinajstić information content (AvgIpc) is 2.62. The Kier molecular flexibility index (Phi) is 9.50. The summed E-state index contributed by atoms with van der Waals surface area (Å²) in [7, 11) is 3.46. The topological polar surface area (TPSA) is 30.5 Å². The molecule has 0 radical (unpaired) electrons. The highest BCUT2D eigenvalue weighted by Gasteiger charge is 2.39. The summed E-state index contributed by atoms with van der Waals surface area (Å²) in [6, 6.07) is 0. The molecule has 1 aliphatic carbocycles. The first-order valence-corrected chi connectivity index (χ1v) is 9.72. The molecule has 26 heavy (non-hydrogen) atoms. The Morgan fingerprint density at radius 2 is 2.04 bits per heavy atom. The van der Waals surface area contributed by atoms with Gasteiger partial charge in [0.2, 0.25) is 0 Å². The molecule has 1 aliphatic rings. The predicted molar refractivity (Wildman–Crippen MR) is 111 cm³/mol. The summed E-state index contributed by atoms with van der Waals surface area (Å²) in [5.74, 6) is 2.26. The van der Waals surface area contributed by atoms with Gasteiger partial charge in [0.15, 0.2) is 0 Å². The van der Waals surface area contributed by atoms with Gasteiger partial charge in [0.05, 0.1) is 12.9 Å². The summed E-state index contributed by atoms with van der Waals surface area (Å²) in [6.07, 6.45) is 16.7. The SMILES string of the molecule is C=C(/C=C\C(=C/C)C1(/C(=C/C=C(\C)OC)CC)CCCC(C)C1)ONC. The summed E-state index contributed by atoms with van der Waals surface area (Å²) >= 11 is 0. The zero-order valence-corrected chi connectivity index (χ0v) is 17.5. The van der Waals surface area contributed by atoms with Gasteiger partial charge in [0.1, 0.15) is 5.76 Å². The second-order valence-electron chi connectivity index (χ2n) is 7.16. The third-order valence-electron chi connectivity index (χ3n) is 5.38. The van der Waals surface area contributed by atoms with Crippen LogP contribution in [-0.4, -0.2) is 14.2 Å². The van der Waals surface area contributed by atoms with Crippen LogP contribution < -0.4 is 5.48 Å². The van der Waals surface area contributed by atoms with Crippen LogP contribution in [0.2, 0.25) is 0 Å². The van der Waals surface area contributed by atoms with Gasteiger partial charge in [-0.1, -0.05) is 57.1 Å². The minimum absolute atomic E-state index is 0.0715. The van der Waals surface area contributed by atoms with Crippen molar-refractivity contribution < 1.29 is 9.57 Å². The van der Waals surface area contributed by atoms with E-state index >= 15 is 0 Å². The van der Waals surface area contributed by atoms with Crippen molar-refractivity contribution in [2.24, 2.45) is 11.3 Å². The van der Waals surface area contributed by atoms with Gasteiger partial charge in [-0.25, -0.2) is 0 Å². The first kappa shape index (κ1) is 22.3. The van der Waals surface area contributed by atoms with Gasteiger partial charge in [-0.15, -0.1) is 0 Å². The van der Waals surface area contributed by atoms with E-state index in [-0.39, 0.29) is 5.41 Å². The van der Waals surface area contributed by atoms with Crippen LogP contribution in [0.4, 0.5) is 0 Å². The molecule has 0 amide bonds. The van der Waals surface area contributed by atoms with Crippen LogP contribution in [0, 0.1) is 11.3 Å². The zero-order valence-electron chi connectivity index (χ0n) is 17.5. The maximum atomic E-state index is 5.33. The first-order valence-electron chi connectivity index (χ1n) is 9.72. The summed E-state index contributed by atoms with van der Waals surface area (Å²) in [5, 5.41) is 0. The van der Waals surface area contributed by atoms with Gasteiger partial charge < -0.3 is 9.57 Å². The van der Waals surface area contributed by atoms with E-state index in [1.54, 1.807) is 14.2 Å². The van der Waals surface area contributed by atoms with E-state index in [9.17, 15) is 0 Å². The lowest BCUT2D eigenvalue weighted by atomic mass is 9.61. The van der Waals surface area contributed by atoms with Crippen LogP contribution in [0.5, 0.6) is 0 Å². The second-order valence-corrected chi connectivity index (χ2v) is 7.16. The van der Waals surface area contributed by atoms with E-state index in [1.165, 1.54) is 36.8 Å². The Balaban J connectivity index is 3.33. The third kappa shape index (κ3) is 5.91. The molecule has 0 aromatic heterocycles. The molecule has 0 bridgehead atoms. The summed E-state index contributed by atoms with van der Waals surface area (Å²) in [4.78, 5) is 5.26. The monoisotopic (exact) mass is 359 g/mol. The number of ether oxygens (including phenoxy) is 1. The Morgan fingerprint density at radius 1 is 1.31 bits per heavy atom. The molecule has 0 saturated heterocycles. The van der Waals surface area contributed by atoms with Crippen LogP contribution in [0.15, 0.2) is 59.6 Å². The minimum atomic E-state index is 0.0715. The molecule has 2 unspecified atom stereocenters. The van der Waals surface area contributed by atoms with Crippen molar-refractivity contribution in [2.75, 3.05) is 14.2 Å². The molecule has 0 aromatic carbocycles. The van der Waals surface area contributed by atoms with Crippen LogP contribution in [0.1, 0.15) is 59.8 Å². The van der Waals surface area contributed by atoms with Gasteiger partial charge in [-0.3, -0.25) is 0 Å². The van der Waals surface area contributed by atoms with Crippen molar-refractivity contribution in [1.29, 1.82) is 0 Å². The fraction of sp³-hybridized carbons (Fsp3) is 0.565. The number of allylic oxidation sites excluding steroid dienone is 8. The van der Waals surface area contributed by atoms with E-state index in [4.69, 9.17) is 9.57 Å². The quantitative estimate of drug-likeness (QED) is 0.300. The van der Waals surface area contributed by atoms with Gasteiger partial charge >= 0.3 is 0 Å². The Bertz CT molecular complexity index is 583. The average molecular weight is 360 g/mol. The highest BCUT2D eigenvalue weighted by molar-refractivity contribution is 5.40. The lowest BCUT2D eigenvalue weighted by molar-refractivity contribution is 0.138. The molecular weight excluding hydrogens is 322 g/mol. The number of nitrogens with one attached hydrogen (secondary N) is 1. The number of hydrogen-bond donors (Lipinski definition) is 1. The summed E-state index contributed by atoms with van der Waals surface area (Å²) in [5.41, 5.74) is 5.57. The van der Waals surface area contributed by atoms with E-state index in [0.29, 0.717) is 11.7 Å². The fourth-order valence-electron chi connectivity index (χ4n) is 4.07. The molecule has 1 fully saturated rings. The van der Waals surface area contributed by atoms with Crippen LogP contribution in [-0.2, 0) is 9.57 Å². The largest absolute Gasteiger partial charge is 0.501 e. The Morgan fingerprint density at radius 3 is 2.58 bits per heavy atom. The Hall–Kier alpha value is -1.74. The molecule has 1 N–H and O–H groups in total. The van der Waals surface area contributed by atoms with Gasteiger partial charge in [-0.05, 0) is 56.8 Å². The van der Waals surface area contributed by atoms with Gasteiger partial charge in [0, 0.05) is 12.5 Å². The molecular formula is C23H37NO2. The molecule has 3 nitrogen and oxygen atoms in total. The summed E-state index contributed by atoms with van der Waals surface area (Å²) < 4.78 is 5.33. The highest BCUT2D eigenvalue weighted by Crippen LogP contribution is 2.51. The predicted octanol–water partition coefficient (Wildman–Crippen LogP) is 6.24. The molecule has 0 aliphatic heterocycles. The van der Waals surface area contributed by atoms with Crippen molar-refractivity contribution in [1.82, 2.24) is 5.48 Å². The lowest BCUT2D eigenvalue weighted by Crippen LogP contribution is -2.31. The molecule has 1 saturated carbocycles. The van der Waals surface area contributed by atoms with Crippen molar-refractivity contribution >= 4 is 0 Å². The molecule has 0 heterocycles. The summed E-state index contributed by atoms with van der Waals surface area (Å²) in [6.45, 7) is 12.7. The van der Waals surface area contributed by atoms with E-state index < -0.39 is 0 Å². The maximum Gasteiger partial charge on any atom is 0.139 e. The third-order valence-corrected chi connectivity index (χ3v) is 5.38. The number of hydrogen-bond acceptors (Lipinski definition) is 3. The van der Waals surface area contributed by atoms with Crippen molar-refractivity contribution in [3.8, 4) is 0 Å². The minimum Gasteiger partial charge on any atom is -0.501 e. The first-order chi connectivity index (χ1) is 12.4. The molecule has 1 rings (SSSR count). The lowest BCUT2D eigenvalue weighted by Gasteiger charge is -2.43. The van der Waals surface area contributed by atoms with Gasteiger partial charge in [0.25, 0.3) is 0 Å². The number of methoxy groups -OCH3 is 1. The molecule has 3 heteroatoms. The van der Waals surface area contributed by atoms with Crippen molar-refractivity contribution in [3.05, 3.63) is 59.6 Å². The maximum absolute atomic E-state index is 5.33. The molecule has 0 spiro atoms. The smallest absolute Gasteiger partial charge is 0.139 e. The fourth-order valence-corrected chi connectivity index (χ4v) is 4.07. The van der Waals surface area contributed by atoms with E-state index in [0.717, 1.165) is 12.2 Å². The molecule has 0 aromatic rings. The van der Waals surface area contributed by atoms with E-state index in [1.807, 2.05) is 13.0 Å². The van der Waals surface area contributed by atoms with Crippen LogP contribution in [0.3, 0.4) is 0 Å². The molecule has 146 valence electrons. The Labute approximate surface area is 160 Å². The zero-order chi connectivity index (χ0) is 19.6. The van der Waals surface area contributed by atoms with Crippen LogP contribution >= 0.6 is 0 Å². The standard InChI is InChI=1S/C23H37NO2/c1-8-21(14-12-19(4)25-7)23(16-10-11-18(3)17-23)22(9-2)15-13-20(5)26-24-6/h9,12-15,18,24H,5,8,10-11,16-17H2,1-4,6-7H3/b15-13-,19-12+,21-14+,22-9+. The van der Waals surface area contributed by atoms with Crippen molar-refractivity contribution in [3.63, 3.8) is 0 Å². The van der Waals surface area contributed by atoms with E-state index in [2.05, 4.69) is 57.1 Å². The normalized spacial score (nSPS) is 25.5. The number of rotatable bonds is 9. The van der Waals surface area contributed by atoms with Gasteiger partial charge in [-0.2, -0.15) is 5.48 Å². The molecule has 2 atom stereocenters. The van der Waals surface area contributed by atoms with Crippen molar-refractivity contribution in [2.45, 2.75) is 59.8 Å². The van der Waals surface area contributed by atoms with Crippen LogP contribution in [0.25, 0.3) is 0 Å². The number of hydroxylamine groups is 1.